The van der Waals surface area contributed by atoms with E-state index in [9.17, 15) is 40.5 Å². The Morgan fingerprint density at radius 1 is 0.792 bits per heavy atom. The van der Waals surface area contributed by atoms with E-state index in [-0.39, 0.29) is 35.4 Å². The van der Waals surface area contributed by atoms with Crippen molar-refractivity contribution in [2.45, 2.75) is 165 Å². The minimum Gasteiger partial charge on any atom is -0.394 e. The van der Waals surface area contributed by atoms with Crippen molar-refractivity contribution in [3.63, 3.8) is 0 Å². The average molecular weight is 755 g/mol. The number of aliphatic hydroxyl groups excluding tert-OH is 7. The molecular weight excluding hydrogens is 692 g/mol. The molecule has 4 heterocycles. The Labute approximate surface area is 311 Å². The molecule has 0 aromatic carbocycles. The van der Waals surface area contributed by atoms with Crippen LogP contribution in [0.25, 0.3) is 0 Å². The first-order valence-electron chi connectivity index (χ1n) is 20.2. The van der Waals surface area contributed by atoms with Gasteiger partial charge in [-0.2, -0.15) is 0 Å². The smallest absolute Gasteiger partial charge is 0.186 e. The van der Waals surface area contributed by atoms with Gasteiger partial charge >= 0.3 is 0 Å². The summed E-state index contributed by atoms with van der Waals surface area (Å²) < 4.78 is 36.6. The van der Waals surface area contributed by atoms with E-state index in [1.54, 1.807) is 0 Å². The maximum Gasteiger partial charge on any atom is 0.186 e. The van der Waals surface area contributed by atoms with Crippen LogP contribution in [0, 0.1) is 52.3 Å². The summed E-state index contributed by atoms with van der Waals surface area (Å²) in [5, 5.41) is 72.4. The summed E-state index contributed by atoms with van der Waals surface area (Å²) in [6, 6.07) is 0. The summed E-state index contributed by atoms with van der Waals surface area (Å²) in [5.74, 6) is 2.02. The Morgan fingerprint density at radius 3 is 2.19 bits per heavy atom. The highest BCUT2D eigenvalue weighted by molar-refractivity contribution is 5.87. The lowest BCUT2D eigenvalue weighted by Gasteiger charge is -2.60. The van der Waals surface area contributed by atoms with Gasteiger partial charge in [0.2, 0.25) is 0 Å². The zero-order valence-corrected chi connectivity index (χ0v) is 31.4. The SMILES string of the molecule is CC1CCC2(OC1)OC1CC3C4CCC5CC(OC6OC(COC7OC(CO)C(O)C(O)C7O)C(O)C(O)C6O)CCC5(C)C4CC(=O)C3(C)C1C2C. The Balaban J connectivity index is 0.903. The topological polar surface area (TPSA) is 214 Å². The van der Waals surface area contributed by atoms with Crippen LogP contribution in [0.3, 0.4) is 0 Å². The second kappa shape index (κ2) is 14.2. The molecule has 8 rings (SSSR count). The number of carbonyl (C=O) groups is 1. The van der Waals surface area contributed by atoms with Crippen LogP contribution in [0.15, 0.2) is 0 Å². The van der Waals surface area contributed by atoms with Gasteiger partial charge in [0.05, 0.1) is 32.0 Å². The largest absolute Gasteiger partial charge is 0.394 e. The molecule has 4 aliphatic carbocycles. The van der Waals surface area contributed by atoms with Gasteiger partial charge in [0.25, 0.3) is 0 Å². The second-order valence-corrected chi connectivity index (χ2v) is 18.6. The zero-order chi connectivity index (χ0) is 37.8. The lowest BCUT2D eigenvalue weighted by atomic mass is 9.44. The van der Waals surface area contributed by atoms with Crippen LogP contribution in [-0.2, 0) is 33.2 Å². The zero-order valence-electron chi connectivity index (χ0n) is 31.4. The predicted octanol–water partition coefficient (Wildman–Crippen LogP) is 0.621. The van der Waals surface area contributed by atoms with Crippen LogP contribution in [0.2, 0.25) is 0 Å². The lowest BCUT2D eigenvalue weighted by molar-refractivity contribution is -0.338. The van der Waals surface area contributed by atoms with Gasteiger partial charge in [-0.15, -0.1) is 0 Å². The van der Waals surface area contributed by atoms with E-state index in [0.29, 0.717) is 48.9 Å². The number of ether oxygens (including phenoxy) is 6. The maximum atomic E-state index is 14.5. The first-order chi connectivity index (χ1) is 25.1. The Bertz CT molecular complexity index is 1340. The number of Topliss-reactive ketones (excluding diaryl/α,β-unsaturated/α-hetero) is 1. The lowest BCUT2D eigenvalue weighted by Crippen LogP contribution is -2.62. The quantitative estimate of drug-likeness (QED) is 0.185. The molecular formula is C39H62O14. The molecule has 14 nitrogen and oxygen atoms in total. The Kier molecular flexibility index (Phi) is 10.5. The van der Waals surface area contributed by atoms with Gasteiger partial charge in [-0.25, -0.2) is 0 Å². The van der Waals surface area contributed by atoms with Crippen LogP contribution in [0.4, 0.5) is 0 Å². The molecule has 0 aromatic heterocycles. The van der Waals surface area contributed by atoms with Crippen molar-refractivity contribution in [3.8, 4) is 0 Å². The first-order valence-corrected chi connectivity index (χ1v) is 20.2. The number of rotatable bonds is 6. The van der Waals surface area contributed by atoms with Gasteiger partial charge in [0.1, 0.15) is 54.6 Å². The van der Waals surface area contributed by atoms with Gasteiger partial charge in [-0.3, -0.25) is 4.79 Å². The number of fused-ring (bicyclic) bond motifs is 7. The van der Waals surface area contributed by atoms with Crippen LogP contribution >= 0.6 is 0 Å². The predicted molar refractivity (Wildman–Crippen MR) is 183 cm³/mol. The number of aliphatic hydroxyl groups is 7. The maximum absolute atomic E-state index is 14.5. The molecule has 0 amide bonds. The highest BCUT2D eigenvalue weighted by atomic mass is 16.7. The number of hydrogen-bond donors (Lipinski definition) is 7. The monoisotopic (exact) mass is 754 g/mol. The normalized spacial score (nSPS) is 58.2. The van der Waals surface area contributed by atoms with Gasteiger partial charge in [0, 0.05) is 30.1 Å². The molecule has 4 saturated carbocycles. The van der Waals surface area contributed by atoms with E-state index in [4.69, 9.17) is 28.4 Å². The van der Waals surface area contributed by atoms with Crippen molar-refractivity contribution < 1.29 is 69.0 Å². The summed E-state index contributed by atoms with van der Waals surface area (Å²) in [4.78, 5) is 14.5. The standard InChI is InChI=1S/C39H62O14/c1-17-7-10-39(49-15-17)18(2)28-24(53-39)12-23-21-6-5-19-11-20(8-9-37(19,3)22(21)13-27(41)38(23,28)4)50-36-34(47)32(45)30(43)26(52-36)16-48-35-33(46)31(44)29(42)25(14-40)51-35/h17-26,28-36,40,42-47H,5-16H2,1-4H3. The molecule has 8 fully saturated rings. The second-order valence-electron chi connectivity index (χ2n) is 18.6. The van der Waals surface area contributed by atoms with Gasteiger partial charge in [-0.1, -0.05) is 27.7 Å². The molecule has 53 heavy (non-hydrogen) atoms. The fraction of sp³-hybridized carbons (Fsp3) is 0.974. The number of hydrogen-bond acceptors (Lipinski definition) is 14. The summed E-state index contributed by atoms with van der Waals surface area (Å²) in [6.45, 7) is 8.76. The summed E-state index contributed by atoms with van der Waals surface area (Å²) >= 11 is 0. The van der Waals surface area contributed by atoms with E-state index in [2.05, 4.69) is 27.7 Å². The Morgan fingerprint density at radius 2 is 1.49 bits per heavy atom. The van der Waals surface area contributed by atoms with Crippen molar-refractivity contribution in [3.05, 3.63) is 0 Å². The minimum absolute atomic E-state index is 0.0443. The summed E-state index contributed by atoms with van der Waals surface area (Å²) in [6.07, 6.45) is -7.03. The molecule has 4 aliphatic heterocycles. The Hall–Kier alpha value is -0.850. The summed E-state index contributed by atoms with van der Waals surface area (Å²) in [7, 11) is 0. The molecule has 4 saturated heterocycles. The van der Waals surface area contributed by atoms with E-state index in [0.717, 1.165) is 44.9 Å². The van der Waals surface area contributed by atoms with Crippen molar-refractivity contribution >= 4 is 5.78 Å². The molecule has 7 N–H and O–H groups in total. The highest BCUT2D eigenvalue weighted by Crippen LogP contribution is 2.70. The van der Waals surface area contributed by atoms with E-state index in [1.165, 1.54) is 0 Å². The fourth-order valence-electron chi connectivity index (χ4n) is 12.8. The third kappa shape index (κ3) is 6.12. The molecule has 22 unspecified atom stereocenters. The van der Waals surface area contributed by atoms with Gasteiger partial charge in [0.15, 0.2) is 18.4 Å². The third-order valence-corrected chi connectivity index (χ3v) is 16.0. The van der Waals surface area contributed by atoms with Crippen molar-refractivity contribution in [1.82, 2.24) is 0 Å². The van der Waals surface area contributed by atoms with Crippen molar-refractivity contribution in [2.24, 2.45) is 52.3 Å². The van der Waals surface area contributed by atoms with Crippen molar-refractivity contribution in [1.29, 1.82) is 0 Å². The first kappa shape index (κ1) is 39.0. The third-order valence-electron chi connectivity index (χ3n) is 16.0. The van der Waals surface area contributed by atoms with Gasteiger partial charge in [-0.05, 0) is 80.0 Å². The highest BCUT2D eigenvalue weighted by Gasteiger charge is 2.72. The van der Waals surface area contributed by atoms with Crippen LogP contribution < -0.4 is 0 Å². The van der Waals surface area contributed by atoms with Crippen LogP contribution in [0.5, 0.6) is 0 Å². The van der Waals surface area contributed by atoms with Gasteiger partial charge < -0.3 is 64.2 Å². The van der Waals surface area contributed by atoms with Crippen LogP contribution in [-0.4, -0.2) is 141 Å². The molecule has 8 aliphatic rings. The molecule has 1 spiro atoms. The fourth-order valence-corrected chi connectivity index (χ4v) is 12.8. The van der Waals surface area contributed by atoms with Crippen molar-refractivity contribution in [2.75, 3.05) is 19.8 Å². The average Bonchev–Trinajstić information content (AvgIpc) is 3.59. The number of carbonyl (C=O) groups excluding carboxylic acids is 1. The molecule has 0 radical (unpaired) electrons. The molecule has 0 aromatic rings. The summed E-state index contributed by atoms with van der Waals surface area (Å²) in [5.41, 5.74) is -0.453. The van der Waals surface area contributed by atoms with Crippen LogP contribution in [0.1, 0.15) is 85.5 Å². The molecule has 22 atom stereocenters. The van der Waals surface area contributed by atoms with E-state index < -0.39 is 85.8 Å². The minimum atomic E-state index is -1.64. The van der Waals surface area contributed by atoms with E-state index >= 15 is 0 Å². The molecule has 302 valence electrons. The molecule has 14 heteroatoms. The van der Waals surface area contributed by atoms with E-state index in [1.807, 2.05) is 0 Å². The number of ketones is 1. The molecule has 0 bridgehead atoms.